The zero-order valence-corrected chi connectivity index (χ0v) is 13.5. The molecule has 5 heteroatoms. The molecule has 25 heavy (non-hydrogen) atoms. The van der Waals surface area contributed by atoms with Crippen molar-refractivity contribution in [2.75, 3.05) is 0 Å². The molecular weight excluding hydrogens is 320 g/mol. The first-order valence-electron chi connectivity index (χ1n) is 6.90. The summed E-state index contributed by atoms with van der Waals surface area (Å²) in [4.78, 5) is 22.3. The zero-order chi connectivity index (χ0) is 18.7. The largest absolute Gasteiger partial charge is 0.507 e. The highest BCUT2D eigenvalue weighted by atomic mass is 16.7. The Labute approximate surface area is 144 Å². The van der Waals surface area contributed by atoms with Crippen LogP contribution in [0.3, 0.4) is 0 Å². The average Bonchev–Trinajstić information content (AvgIpc) is 2.58. The number of ketones is 1. The minimum Gasteiger partial charge on any atom is -0.507 e. The van der Waals surface area contributed by atoms with Crippen LogP contribution in [-0.4, -0.2) is 16.9 Å². The second-order valence-electron chi connectivity index (χ2n) is 4.36. The molecule has 0 atom stereocenters. The topological polar surface area (TPSA) is 72.8 Å². The van der Waals surface area contributed by atoms with Crippen molar-refractivity contribution in [1.29, 1.82) is 0 Å². The fraction of sp³-hybridized carbons (Fsp3) is 0.0500. The van der Waals surface area contributed by atoms with Gasteiger partial charge in [0, 0.05) is 23.4 Å². The van der Waals surface area contributed by atoms with Crippen LogP contribution in [0.1, 0.15) is 12.5 Å². The van der Waals surface area contributed by atoms with Crippen LogP contribution in [0.5, 0.6) is 5.75 Å². The number of aliphatic hydroxyl groups is 1. The predicted molar refractivity (Wildman–Crippen MR) is 91.4 cm³/mol. The zero-order valence-electron chi connectivity index (χ0n) is 13.5. The number of rotatable bonds is 6. The lowest BCUT2D eigenvalue weighted by molar-refractivity contribution is -0.136. The minimum absolute atomic E-state index is 0.169. The summed E-state index contributed by atoms with van der Waals surface area (Å²) in [5.41, 5.74) is 12.4. The molecule has 0 aliphatic carbocycles. The molecule has 0 amide bonds. The van der Waals surface area contributed by atoms with E-state index in [-0.39, 0.29) is 17.5 Å². The van der Waals surface area contributed by atoms with E-state index in [0.717, 1.165) is 12.2 Å². The lowest BCUT2D eigenvalue weighted by Crippen LogP contribution is -2.05. The van der Waals surface area contributed by atoms with E-state index in [0.29, 0.717) is 11.3 Å². The van der Waals surface area contributed by atoms with E-state index in [1.807, 2.05) is 0 Å². The number of esters is 1. The van der Waals surface area contributed by atoms with Crippen LogP contribution in [-0.2, 0) is 14.3 Å². The Kier molecular flexibility index (Phi) is 7.63. The van der Waals surface area contributed by atoms with Crippen molar-refractivity contribution in [3.63, 3.8) is 0 Å². The maximum atomic E-state index is 11.3. The second-order valence-corrected chi connectivity index (χ2v) is 4.36. The molecule has 1 aromatic carbocycles. The first-order valence-corrected chi connectivity index (χ1v) is 6.90. The molecule has 0 aliphatic heterocycles. The summed E-state index contributed by atoms with van der Waals surface area (Å²) >= 11 is 0. The monoisotopic (exact) mass is 334 g/mol. The molecule has 1 rings (SSSR count). The van der Waals surface area contributed by atoms with Crippen LogP contribution in [0, 0.1) is 0 Å². The molecule has 5 nitrogen and oxygen atoms in total. The Morgan fingerprint density at radius 2 is 1.84 bits per heavy atom. The third-order valence-corrected chi connectivity index (χ3v) is 2.44. The van der Waals surface area contributed by atoms with E-state index < -0.39 is 5.97 Å². The van der Waals surface area contributed by atoms with Gasteiger partial charge in [0.2, 0.25) is 0 Å². The van der Waals surface area contributed by atoms with E-state index in [9.17, 15) is 14.7 Å². The summed E-state index contributed by atoms with van der Waals surface area (Å²) < 4.78 is 10.2. The summed E-state index contributed by atoms with van der Waals surface area (Å²) in [5.74, 6) is -1.19. The van der Waals surface area contributed by atoms with Gasteiger partial charge in [-0.1, -0.05) is 12.3 Å². The quantitative estimate of drug-likeness (QED) is 0.373. The number of aliphatic hydroxyl groups excluding tert-OH is 1. The van der Waals surface area contributed by atoms with E-state index in [4.69, 9.17) is 9.47 Å². The molecule has 0 saturated heterocycles. The molecule has 0 spiro atoms. The lowest BCUT2D eigenvalue weighted by atomic mass is 10.1. The van der Waals surface area contributed by atoms with Crippen molar-refractivity contribution >= 4 is 17.5 Å². The fourth-order valence-corrected chi connectivity index (χ4v) is 1.44. The third kappa shape index (κ3) is 7.25. The predicted octanol–water partition coefficient (Wildman–Crippen LogP) is 3.53. The maximum absolute atomic E-state index is 11.3. The molecule has 1 aromatic rings. The van der Waals surface area contributed by atoms with Crippen molar-refractivity contribution in [2.45, 2.75) is 6.92 Å². The van der Waals surface area contributed by atoms with Gasteiger partial charge in [-0.05, 0) is 55.0 Å². The standard InChI is InChI=1S/C20H14O5/c1-4-6-7-8-9-20(25-19(23)5-2)24-17-12-10-16(11-13-17)18(22)14-15(3)21/h5,10-14,22H,1-2H2,3H3. The fourth-order valence-electron chi connectivity index (χ4n) is 1.44. The van der Waals surface area contributed by atoms with Gasteiger partial charge in [0.05, 0.1) is 0 Å². The molecule has 0 aliphatic rings. The van der Waals surface area contributed by atoms with Crippen molar-refractivity contribution < 1.29 is 24.2 Å². The van der Waals surface area contributed by atoms with Crippen LogP contribution in [0.15, 0.2) is 84.2 Å². The van der Waals surface area contributed by atoms with Crippen molar-refractivity contribution in [3.05, 3.63) is 89.7 Å². The molecule has 0 bridgehead atoms. The number of carbonyl (C=O) groups excluding carboxylic acids is 2. The first kappa shape index (κ1) is 19.1. The van der Waals surface area contributed by atoms with Crippen molar-refractivity contribution in [3.8, 4) is 5.75 Å². The van der Waals surface area contributed by atoms with Crippen LogP contribution in [0.25, 0.3) is 5.76 Å². The summed E-state index contributed by atoms with van der Waals surface area (Å²) in [6.45, 7) is 7.91. The molecule has 0 heterocycles. The van der Waals surface area contributed by atoms with Gasteiger partial charge in [-0.3, -0.25) is 4.79 Å². The lowest BCUT2D eigenvalue weighted by Gasteiger charge is -2.07. The highest BCUT2D eigenvalue weighted by molar-refractivity contribution is 5.93. The van der Waals surface area contributed by atoms with Crippen molar-refractivity contribution in [1.82, 2.24) is 0 Å². The summed E-state index contributed by atoms with van der Waals surface area (Å²) in [6, 6.07) is 6.06. The van der Waals surface area contributed by atoms with Crippen LogP contribution < -0.4 is 4.74 Å². The van der Waals surface area contributed by atoms with Crippen LogP contribution >= 0.6 is 0 Å². The molecular formula is C20H14O5. The number of carbonyl (C=O) groups is 2. The third-order valence-electron chi connectivity index (χ3n) is 2.44. The van der Waals surface area contributed by atoms with E-state index in [1.54, 1.807) is 0 Å². The molecule has 0 radical (unpaired) electrons. The average molecular weight is 334 g/mol. The van der Waals surface area contributed by atoms with Gasteiger partial charge in [-0.25, -0.2) is 4.79 Å². The molecule has 124 valence electrons. The van der Waals surface area contributed by atoms with Crippen LogP contribution in [0.2, 0.25) is 0 Å². The summed E-state index contributed by atoms with van der Waals surface area (Å²) in [7, 11) is 0. The van der Waals surface area contributed by atoms with Gasteiger partial charge >= 0.3 is 11.9 Å². The van der Waals surface area contributed by atoms with Gasteiger partial charge in [-0.2, -0.15) is 0 Å². The Morgan fingerprint density at radius 3 is 2.40 bits per heavy atom. The van der Waals surface area contributed by atoms with E-state index in [2.05, 4.69) is 41.8 Å². The van der Waals surface area contributed by atoms with E-state index >= 15 is 0 Å². The molecule has 1 N–H and O–H groups in total. The van der Waals surface area contributed by atoms with Gasteiger partial charge in [-0.15, -0.1) is 0 Å². The Morgan fingerprint density at radius 1 is 1.16 bits per heavy atom. The number of ether oxygens (including phenoxy) is 2. The molecule has 0 unspecified atom stereocenters. The second kappa shape index (κ2) is 9.97. The maximum Gasteiger partial charge on any atom is 0.350 e. The SMILES string of the molecule is C=C=C=C=C=C=C(OC(=O)C=C)Oc1ccc(C(O)=CC(C)=O)cc1. The minimum atomic E-state index is -0.744. The van der Waals surface area contributed by atoms with Gasteiger partial charge in [0.15, 0.2) is 5.78 Å². The normalized spacial score (nSPS) is 9.24. The number of allylic oxidation sites excluding steroid dienone is 1. The summed E-state index contributed by atoms with van der Waals surface area (Å²) in [6.07, 6.45) is 2.06. The highest BCUT2D eigenvalue weighted by Gasteiger charge is 2.07. The van der Waals surface area contributed by atoms with Gasteiger partial charge < -0.3 is 14.6 Å². The van der Waals surface area contributed by atoms with Crippen molar-refractivity contribution in [2.24, 2.45) is 0 Å². The first-order chi connectivity index (χ1) is 12.0. The van der Waals surface area contributed by atoms with Crippen LogP contribution in [0.4, 0.5) is 0 Å². The molecule has 0 fully saturated rings. The number of benzene rings is 1. The molecule has 0 aromatic heterocycles. The highest BCUT2D eigenvalue weighted by Crippen LogP contribution is 2.19. The van der Waals surface area contributed by atoms with Gasteiger partial charge in [0.1, 0.15) is 11.5 Å². The number of hydrogen-bond acceptors (Lipinski definition) is 5. The van der Waals surface area contributed by atoms with E-state index in [1.165, 1.54) is 31.2 Å². The molecule has 0 saturated carbocycles. The Bertz CT molecular complexity index is 901. The Hall–Kier alpha value is -3.92. The van der Waals surface area contributed by atoms with Gasteiger partial charge in [0.25, 0.3) is 0 Å². The smallest absolute Gasteiger partial charge is 0.350 e. The number of hydrogen-bond donors (Lipinski definition) is 1. The summed E-state index contributed by atoms with van der Waals surface area (Å²) in [5, 5.41) is 9.75. The Balaban J connectivity index is 3.13.